The molecule has 0 aliphatic heterocycles. The number of rotatable bonds is 7. The Morgan fingerprint density at radius 2 is 1.84 bits per heavy atom. The molecule has 0 saturated heterocycles. The van der Waals surface area contributed by atoms with Crippen molar-refractivity contribution < 1.29 is 17.9 Å². The number of alkyl halides is 3. The first kappa shape index (κ1) is 16.0. The summed E-state index contributed by atoms with van der Waals surface area (Å²) in [6, 6.07) is 9.50. The molecule has 2 nitrogen and oxygen atoms in total. The van der Waals surface area contributed by atoms with Crippen LogP contribution in [0.4, 0.5) is 13.2 Å². The molecule has 0 aliphatic rings. The van der Waals surface area contributed by atoms with Crippen molar-refractivity contribution in [1.29, 1.82) is 0 Å². The summed E-state index contributed by atoms with van der Waals surface area (Å²) in [5, 5.41) is 3.11. The Bertz CT molecular complexity index is 353. The minimum absolute atomic E-state index is 0.0977. The summed E-state index contributed by atoms with van der Waals surface area (Å²) in [4.78, 5) is 0. The summed E-state index contributed by atoms with van der Waals surface area (Å²) in [7, 11) is 1.79. The molecule has 0 saturated carbocycles. The Balaban J connectivity index is 2.61. The number of hydrogen-bond donors (Lipinski definition) is 1. The second-order valence-corrected chi connectivity index (χ2v) is 4.36. The maximum absolute atomic E-state index is 12.1. The first-order valence-electron chi connectivity index (χ1n) is 6.38. The lowest BCUT2D eigenvalue weighted by Gasteiger charge is -2.26. The molecule has 0 heterocycles. The Labute approximate surface area is 112 Å². The number of hydrogen-bond acceptors (Lipinski definition) is 2. The van der Waals surface area contributed by atoms with Gasteiger partial charge in [0.1, 0.15) is 0 Å². The molecule has 19 heavy (non-hydrogen) atoms. The van der Waals surface area contributed by atoms with E-state index in [4.69, 9.17) is 4.74 Å². The van der Waals surface area contributed by atoms with E-state index in [1.54, 1.807) is 7.05 Å². The monoisotopic (exact) mass is 275 g/mol. The van der Waals surface area contributed by atoms with Gasteiger partial charge in [-0.3, -0.25) is 0 Å². The molecule has 1 aromatic carbocycles. The van der Waals surface area contributed by atoms with Gasteiger partial charge in [-0.25, -0.2) is 0 Å². The van der Waals surface area contributed by atoms with E-state index in [9.17, 15) is 13.2 Å². The Kier molecular flexibility index (Phi) is 6.31. The molecule has 1 rings (SSSR count). The molecule has 0 aromatic heterocycles. The summed E-state index contributed by atoms with van der Waals surface area (Å²) in [6.45, 7) is 1.61. The fourth-order valence-electron chi connectivity index (χ4n) is 2.00. The first-order chi connectivity index (χ1) is 8.98. The molecule has 0 radical (unpaired) electrons. The average Bonchev–Trinajstić information content (AvgIpc) is 2.37. The van der Waals surface area contributed by atoms with E-state index in [2.05, 4.69) is 5.32 Å². The van der Waals surface area contributed by atoms with Crippen LogP contribution in [0.15, 0.2) is 30.3 Å². The highest BCUT2D eigenvalue weighted by molar-refractivity contribution is 5.20. The van der Waals surface area contributed by atoms with Gasteiger partial charge < -0.3 is 10.1 Å². The molecule has 2 unspecified atom stereocenters. The van der Waals surface area contributed by atoms with E-state index in [1.807, 2.05) is 37.3 Å². The SMILES string of the molecule is CCC(OCCC(F)(F)F)C(NC)c1ccccc1. The summed E-state index contributed by atoms with van der Waals surface area (Å²) in [6.07, 6.45) is -4.69. The van der Waals surface area contributed by atoms with Gasteiger partial charge in [-0.1, -0.05) is 37.3 Å². The average molecular weight is 275 g/mol. The van der Waals surface area contributed by atoms with Gasteiger partial charge in [0, 0.05) is 0 Å². The predicted octanol–water partition coefficient (Wildman–Crippen LogP) is 3.69. The second-order valence-electron chi connectivity index (χ2n) is 4.36. The highest BCUT2D eigenvalue weighted by Gasteiger charge is 2.28. The molecule has 2 atom stereocenters. The van der Waals surface area contributed by atoms with Gasteiger partial charge in [-0.15, -0.1) is 0 Å². The van der Waals surface area contributed by atoms with Crippen LogP contribution in [0.3, 0.4) is 0 Å². The summed E-state index contributed by atoms with van der Waals surface area (Å²) >= 11 is 0. The second kappa shape index (κ2) is 7.50. The number of likely N-dealkylation sites (N-methyl/N-ethyl adjacent to an activating group) is 1. The van der Waals surface area contributed by atoms with E-state index in [0.717, 1.165) is 5.56 Å². The molecular weight excluding hydrogens is 255 g/mol. The van der Waals surface area contributed by atoms with E-state index >= 15 is 0 Å². The molecule has 5 heteroatoms. The van der Waals surface area contributed by atoms with Gasteiger partial charge in [0.2, 0.25) is 0 Å². The van der Waals surface area contributed by atoms with Gasteiger partial charge in [-0.2, -0.15) is 13.2 Å². The Morgan fingerprint density at radius 1 is 1.21 bits per heavy atom. The standard InChI is InChI=1S/C14H20F3NO/c1-3-12(19-10-9-14(15,16)17)13(18-2)11-7-5-4-6-8-11/h4-8,12-13,18H,3,9-10H2,1-2H3. The maximum Gasteiger partial charge on any atom is 0.391 e. The van der Waals surface area contributed by atoms with Crippen LogP contribution in [0.25, 0.3) is 0 Å². The fraction of sp³-hybridized carbons (Fsp3) is 0.571. The number of halogens is 3. The quantitative estimate of drug-likeness (QED) is 0.819. The minimum Gasteiger partial charge on any atom is -0.376 e. The molecule has 0 fully saturated rings. The third kappa shape index (κ3) is 5.61. The smallest absolute Gasteiger partial charge is 0.376 e. The zero-order valence-electron chi connectivity index (χ0n) is 11.2. The van der Waals surface area contributed by atoms with Crippen molar-refractivity contribution in [2.75, 3.05) is 13.7 Å². The van der Waals surface area contributed by atoms with Crippen molar-refractivity contribution >= 4 is 0 Å². The zero-order chi connectivity index (χ0) is 14.3. The van der Waals surface area contributed by atoms with Crippen molar-refractivity contribution in [3.8, 4) is 0 Å². The number of nitrogens with one attached hydrogen (secondary N) is 1. The zero-order valence-corrected chi connectivity index (χ0v) is 11.2. The van der Waals surface area contributed by atoms with Crippen LogP contribution in [0, 0.1) is 0 Å². The largest absolute Gasteiger partial charge is 0.391 e. The van der Waals surface area contributed by atoms with Crippen LogP contribution in [0.2, 0.25) is 0 Å². The Morgan fingerprint density at radius 3 is 2.32 bits per heavy atom. The molecule has 108 valence electrons. The van der Waals surface area contributed by atoms with Crippen LogP contribution in [0.5, 0.6) is 0 Å². The number of benzene rings is 1. The van der Waals surface area contributed by atoms with Crippen LogP contribution >= 0.6 is 0 Å². The molecule has 1 N–H and O–H groups in total. The third-order valence-electron chi connectivity index (χ3n) is 2.96. The maximum atomic E-state index is 12.1. The summed E-state index contributed by atoms with van der Waals surface area (Å²) in [5.41, 5.74) is 1.02. The minimum atomic E-state index is -4.17. The Hall–Kier alpha value is -1.07. The van der Waals surface area contributed by atoms with Gasteiger partial charge in [0.25, 0.3) is 0 Å². The fourth-order valence-corrected chi connectivity index (χ4v) is 2.00. The molecule has 0 aliphatic carbocycles. The normalized spacial score (nSPS) is 15.2. The van der Waals surface area contributed by atoms with Crippen LogP contribution in [0.1, 0.15) is 31.4 Å². The molecule has 0 bridgehead atoms. The van der Waals surface area contributed by atoms with Gasteiger partial charge in [0.05, 0.1) is 25.2 Å². The molecular formula is C14H20F3NO. The van der Waals surface area contributed by atoms with Gasteiger partial charge >= 0.3 is 6.18 Å². The van der Waals surface area contributed by atoms with E-state index in [-0.39, 0.29) is 18.8 Å². The van der Waals surface area contributed by atoms with Crippen molar-refractivity contribution in [1.82, 2.24) is 5.32 Å². The molecule has 0 amide bonds. The van der Waals surface area contributed by atoms with E-state index in [1.165, 1.54) is 0 Å². The third-order valence-corrected chi connectivity index (χ3v) is 2.96. The van der Waals surface area contributed by atoms with Crippen LogP contribution in [-0.2, 0) is 4.74 Å². The summed E-state index contributed by atoms with van der Waals surface area (Å²) in [5.74, 6) is 0. The van der Waals surface area contributed by atoms with Crippen LogP contribution < -0.4 is 5.32 Å². The highest BCUT2D eigenvalue weighted by atomic mass is 19.4. The van der Waals surface area contributed by atoms with Crippen molar-refractivity contribution in [2.45, 2.75) is 38.1 Å². The van der Waals surface area contributed by atoms with Gasteiger partial charge in [0.15, 0.2) is 0 Å². The molecule has 1 aromatic rings. The lowest BCUT2D eigenvalue weighted by Crippen LogP contribution is -2.32. The van der Waals surface area contributed by atoms with Crippen molar-refractivity contribution in [3.63, 3.8) is 0 Å². The predicted molar refractivity (Wildman–Crippen MR) is 68.9 cm³/mol. The highest BCUT2D eigenvalue weighted by Crippen LogP contribution is 2.24. The van der Waals surface area contributed by atoms with Crippen LogP contribution in [-0.4, -0.2) is 25.9 Å². The van der Waals surface area contributed by atoms with Crippen molar-refractivity contribution in [3.05, 3.63) is 35.9 Å². The van der Waals surface area contributed by atoms with Gasteiger partial charge in [-0.05, 0) is 19.0 Å². The lowest BCUT2D eigenvalue weighted by atomic mass is 10.00. The van der Waals surface area contributed by atoms with E-state index in [0.29, 0.717) is 6.42 Å². The topological polar surface area (TPSA) is 21.3 Å². The summed E-state index contributed by atoms with van der Waals surface area (Å²) < 4.78 is 41.8. The lowest BCUT2D eigenvalue weighted by molar-refractivity contribution is -0.150. The van der Waals surface area contributed by atoms with E-state index < -0.39 is 12.6 Å². The first-order valence-corrected chi connectivity index (χ1v) is 6.38. The molecule has 0 spiro atoms. The van der Waals surface area contributed by atoms with Crippen molar-refractivity contribution in [2.24, 2.45) is 0 Å². The number of ether oxygens (including phenoxy) is 1.